The van der Waals surface area contributed by atoms with Gasteiger partial charge in [0.1, 0.15) is 27.2 Å². The molecule has 0 unspecified atom stereocenters. The Morgan fingerprint density at radius 1 is 0.761 bits per heavy atom. The van der Waals surface area contributed by atoms with Crippen LogP contribution in [-0.4, -0.2) is 84.7 Å². The smallest absolute Gasteiger partial charge is 0.744 e. The number of benzene rings is 3. The summed E-state index contributed by atoms with van der Waals surface area (Å²) < 4.78 is 121. The molecule has 0 saturated carbocycles. The van der Waals surface area contributed by atoms with Crippen molar-refractivity contribution in [1.82, 2.24) is 0 Å². The molecule has 0 aromatic heterocycles. The van der Waals surface area contributed by atoms with E-state index in [-0.39, 0.29) is 105 Å². The molecule has 4 N–H and O–H groups in total. The Labute approximate surface area is 331 Å². The molecule has 0 aliphatic rings. The molecule has 0 spiro atoms. The molecule has 0 atom stereocenters. The van der Waals surface area contributed by atoms with Crippen molar-refractivity contribution in [3.63, 3.8) is 0 Å². The van der Waals surface area contributed by atoms with Crippen molar-refractivity contribution in [2.24, 2.45) is 20.5 Å². The number of nitrogens with zero attached hydrogens (tertiary/aromatic N) is 4. The molecule has 231 valence electrons. The monoisotopic (exact) mass is 741 g/mol. The molecular weight excluding hydrogens is 722 g/mol. The summed E-state index contributed by atoms with van der Waals surface area (Å²) in [6.45, 7) is 2.24. The summed E-state index contributed by atoms with van der Waals surface area (Å²) in [6.07, 6.45) is 0. The average molecular weight is 742 g/mol. The van der Waals surface area contributed by atoms with Gasteiger partial charge in [-0.3, -0.25) is 4.18 Å². The van der Waals surface area contributed by atoms with Gasteiger partial charge in [-0.2, -0.15) is 5.11 Å². The van der Waals surface area contributed by atoms with Gasteiger partial charge in [0, 0.05) is 35.0 Å². The van der Waals surface area contributed by atoms with E-state index < -0.39 is 85.1 Å². The van der Waals surface area contributed by atoms with Crippen molar-refractivity contribution in [2.75, 3.05) is 23.8 Å². The summed E-state index contributed by atoms with van der Waals surface area (Å²) >= 11 is 0. The third-order valence-electron chi connectivity index (χ3n) is 5.28. The standard InChI is InChI=1S/C22H22N6O11S4.3Na/c1-2-40(29,30)15-9-7-14(8-10-15)25-28-22-20(23)17(13-19(21(22)24)42(33,34)35)27-26-16-5-3-4-6-18(16)41(31,32)12-11-39-43(36,37)38;;;/h2-10,13H,1,11-12,23-24H2,(H,33,34,35)(H,36,37,38);;;/q;;2*+1/p-2. The molecule has 0 aliphatic carbocycles. The number of azo groups is 2. The van der Waals surface area contributed by atoms with E-state index in [2.05, 4.69) is 31.2 Å². The summed E-state index contributed by atoms with van der Waals surface area (Å²) in [4.78, 5) is -1.54. The molecule has 0 amide bonds. The van der Waals surface area contributed by atoms with E-state index in [1.54, 1.807) is 0 Å². The maximum Gasteiger partial charge on any atom is 1.00 e. The van der Waals surface area contributed by atoms with E-state index >= 15 is 0 Å². The van der Waals surface area contributed by atoms with E-state index in [4.69, 9.17) is 11.5 Å². The third kappa shape index (κ3) is 12.1. The number of nitrogens with two attached hydrogens (primary N) is 2. The Morgan fingerprint density at radius 2 is 1.33 bits per heavy atom. The first-order valence-electron chi connectivity index (χ1n) is 11.3. The van der Waals surface area contributed by atoms with Gasteiger partial charge < -0.3 is 20.6 Å². The summed E-state index contributed by atoms with van der Waals surface area (Å²) in [6, 6.07) is 10.6. The number of nitrogen functional groups attached to an aromatic ring is 2. The van der Waals surface area contributed by atoms with Crippen molar-refractivity contribution in [1.29, 1.82) is 0 Å². The van der Waals surface area contributed by atoms with Gasteiger partial charge in [-0.15, -0.1) is 15.3 Å². The van der Waals surface area contributed by atoms with E-state index in [1.165, 1.54) is 42.5 Å². The first kappa shape index (κ1) is 44.9. The molecule has 3 aromatic carbocycles. The fraction of sp³-hybridized carbons (Fsp3) is 0.0909. The Bertz CT molecular complexity index is 2080. The zero-order chi connectivity index (χ0) is 32.2. The Morgan fingerprint density at radius 3 is 1.87 bits per heavy atom. The first-order valence-corrected chi connectivity index (χ1v) is 17.2. The van der Waals surface area contributed by atoms with Crippen LogP contribution in [0.25, 0.3) is 0 Å². The van der Waals surface area contributed by atoms with Crippen molar-refractivity contribution < 1.29 is 106 Å². The molecule has 17 nitrogen and oxygen atoms in total. The van der Waals surface area contributed by atoms with Crippen LogP contribution >= 0.6 is 0 Å². The van der Waals surface area contributed by atoms with Gasteiger partial charge in [0.05, 0.1) is 44.1 Å². The van der Waals surface area contributed by atoms with Crippen LogP contribution in [-0.2, 0) is 44.4 Å². The molecular formula is C22H20N6Na3O11S4. The maximum atomic E-state index is 12.7. The molecule has 0 fully saturated rings. The van der Waals surface area contributed by atoms with Gasteiger partial charge in [-0.25, -0.2) is 33.7 Å². The van der Waals surface area contributed by atoms with Crippen LogP contribution in [0, 0.1) is 0 Å². The van der Waals surface area contributed by atoms with Gasteiger partial charge in [-0.05, 0) is 42.5 Å². The predicted octanol–water partition coefficient (Wildman–Crippen LogP) is -3.62. The normalized spacial score (nSPS) is 12.2. The van der Waals surface area contributed by atoms with Gasteiger partial charge >= 0.3 is 59.1 Å². The fourth-order valence-electron chi connectivity index (χ4n) is 3.23. The largest absolute Gasteiger partial charge is 1.00 e. The molecule has 1 radical (unpaired) electrons. The topological polar surface area (TPSA) is 293 Å². The second kappa shape index (κ2) is 18.0. The molecule has 0 saturated heterocycles. The Hall–Kier alpha value is -1.12. The number of hydrogen-bond donors (Lipinski definition) is 2. The Balaban J connectivity index is 0.00000675. The molecule has 24 heteroatoms. The number of sulfone groups is 2. The van der Waals surface area contributed by atoms with Crippen molar-refractivity contribution in [3.05, 3.63) is 66.6 Å². The number of anilines is 2. The van der Waals surface area contributed by atoms with Crippen LogP contribution in [0.15, 0.2) is 102 Å². The van der Waals surface area contributed by atoms with Crippen LogP contribution in [0.5, 0.6) is 0 Å². The van der Waals surface area contributed by atoms with Crippen molar-refractivity contribution >= 4 is 104 Å². The van der Waals surface area contributed by atoms with Gasteiger partial charge in [0.2, 0.25) is 10.4 Å². The fourth-order valence-corrected chi connectivity index (χ4v) is 6.19. The van der Waals surface area contributed by atoms with Crippen molar-refractivity contribution in [2.45, 2.75) is 14.7 Å². The SMILES string of the molecule is C=CS(=O)(=O)c1ccc(N=Nc2c(N)c(N=Nc3ccccc3S(=O)(=O)CCOS(=O)(=O)[O-])cc(S(=O)(=O)[O-])c2N)cc1.[Na+].[Na+].[Na]. The Kier molecular flexibility index (Phi) is 17.6. The maximum absolute atomic E-state index is 12.7. The molecule has 46 heavy (non-hydrogen) atoms. The van der Waals surface area contributed by atoms with Crippen molar-refractivity contribution in [3.8, 4) is 0 Å². The van der Waals surface area contributed by atoms with Crippen LogP contribution in [0.1, 0.15) is 0 Å². The van der Waals surface area contributed by atoms with Crippen LogP contribution in [0.2, 0.25) is 0 Å². The second-order valence-electron chi connectivity index (χ2n) is 8.15. The first-order chi connectivity index (χ1) is 19.9. The third-order valence-corrected chi connectivity index (χ3v) is 9.70. The van der Waals surface area contributed by atoms with Crippen LogP contribution in [0.3, 0.4) is 0 Å². The molecule has 0 bridgehead atoms. The minimum Gasteiger partial charge on any atom is -0.744 e. The van der Waals surface area contributed by atoms with Crippen LogP contribution in [0.4, 0.5) is 34.1 Å². The average Bonchev–Trinajstić information content (AvgIpc) is 2.91. The summed E-state index contributed by atoms with van der Waals surface area (Å²) in [7, 11) is -18.4. The zero-order valence-electron chi connectivity index (χ0n) is 24.5. The number of hydrogen-bond acceptors (Lipinski definition) is 17. The van der Waals surface area contributed by atoms with Gasteiger partial charge in [0.25, 0.3) is 0 Å². The quantitative estimate of drug-likeness (QED) is 0.0597. The molecule has 0 aliphatic heterocycles. The second-order valence-corrected chi connectivity index (χ2v) is 14.5. The van der Waals surface area contributed by atoms with E-state index in [1.807, 2.05) is 0 Å². The zero-order valence-corrected chi connectivity index (χ0v) is 33.7. The molecule has 3 rings (SSSR count). The molecule has 0 heterocycles. The predicted molar refractivity (Wildman–Crippen MR) is 155 cm³/mol. The number of rotatable bonds is 12. The summed E-state index contributed by atoms with van der Waals surface area (Å²) in [5, 5.41) is 15.9. The van der Waals surface area contributed by atoms with Gasteiger partial charge in [0.15, 0.2) is 19.7 Å². The summed E-state index contributed by atoms with van der Waals surface area (Å²) in [5.41, 5.74) is 9.57. The minimum atomic E-state index is -5.23. The van der Waals surface area contributed by atoms with Gasteiger partial charge in [-0.1, -0.05) is 18.7 Å². The van der Waals surface area contributed by atoms with E-state index in [0.29, 0.717) is 6.07 Å². The summed E-state index contributed by atoms with van der Waals surface area (Å²) in [5.74, 6) is -0.922. The molecule has 3 aromatic rings. The van der Waals surface area contributed by atoms with E-state index in [0.717, 1.165) is 11.5 Å². The minimum absolute atomic E-state index is 0. The van der Waals surface area contributed by atoms with E-state index in [9.17, 15) is 42.8 Å². The van der Waals surface area contributed by atoms with Crippen LogP contribution < -0.4 is 70.6 Å².